The highest BCUT2D eigenvalue weighted by molar-refractivity contribution is 9.09. The fraction of sp³-hybridized carbons (Fsp3) is 0.462. The fourth-order valence-electron chi connectivity index (χ4n) is 1.36. The molecule has 1 aromatic rings. The number of ketones is 1. The number of carbonyl (C=O) groups excluding carboxylic acids is 1. The SMILES string of the molecule is CCCCOc1ccc(C(=O)CBr)cc1OC. The average molecular weight is 301 g/mol. The highest BCUT2D eigenvalue weighted by Crippen LogP contribution is 2.28. The number of rotatable bonds is 7. The van der Waals surface area contributed by atoms with Crippen molar-refractivity contribution in [3.05, 3.63) is 23.8 Å². The predicted octanol–water partition coefficient (Wildman–Crippen LogP) is 3.45. The minimum Gasteiger partial charge on any atom is -0.493 e. The fourth-order valence-corrected chi connectivity index (χ4v) is 1.69. The van der Waals surface area contributed by atoms with E-state index in [0.29, 0.717) is 29.0 Å². The molecular weight excluding hydrogens is 284 g/mol. The van der Waals surface area contributed by atoms with E-state index in [1.807, 2.05) is 0 Å². The van der Waals surface area contributed by atoms with Gasteiger partial charge in [-0.1, -0.05) is 29.3 Å². The van der Waals surface area contributed by atoms with Gasteiger partial charge in [-0.25, -0.2) is 0 Å². The molecule has 0 saturated carbocycles. The minimum atomic E-state index is 0.0309. The number of ether oxygens (including phenoxy) is 2. The van der Waals surface area contributed by atoms with Gasteiger partial charge >= 0.3 is 0 Å². The summed E-state index contributed by atoms with van der Waals surface area (Å²) in [5, 5.41) is 0.312. The molecule has 3 nitrogen and oxygen atoms in total. The van der Waals surface area contributed by atoms with Crippen LogP contribution in [0.4, 0.5) is 0 Å². The Morgan fingerprint density at radius 3 is 2.71 bits per heavy atom. The molecule has 0 aliphatic rings. The predicted molar refractivity (Wildman–Crippen MR) is 71.5 cm³/mol. The number of halogens is 1. The van der Waals surface area contributed by atoms with Crippen LogP contribution in [0.1, 0.15) is 30.1 Å². The normalized spacial score (nSPS) is 10.1. The Labute approximate surface area is 110 Å². The van der Waals surface area contributed by atoms with E-state index < -0.39 is 0 Å². The molecule has 0 amide bonds. The van der Waals surface area contributed by atoms with Gasteiger partial charge in [0.05, 0.1) is 19.0 Å². The summed E-state index contributed by atoms with van der Waals surface area (Å²) in [6.45, 7) is 2.77. The Morgan fingerprint density at radius 1 is 1.35 bits per heavy atom. The molecule has 0 aliphatic carbocycles. The Hall–Kier alpha value is -1.03. The Balaban J connectivity index is 2.81. The maximum absolute atomic E-state index is 11.5. The van der Waals surface area contributed by atoms with Crippen molar-refractivity contribution in [1.29, 1.82) is 0 Å². The molecule has 0 aliphatic heterocycles. The molecule has 0 fully saturated rings. The summed E-state index contributed by atoms with van der Waals surface area (Å²) < 4.78 is 10.8. The number of carbonyl (C=O) groups is 1. The summed E-state index contributed by atoms with van der Waals surface area (Å²) >= 11 is 3.15. The second-order valence-corrected chi connectivity index (χ2v) is 4.19. The summed E-state index contributed by atoms with van der Waals surface area (Å²) in [6, 6.07) is 5.25. The lowest BCUT2D eigenvalue weighted by Gasteiger charge is -2.11. The van der Waals surface area contributed by atoms with Crippen molar-refractivity contribution < 1.29 is 14.3 Å². The van der Waals surface area contributed by atoms with E-state index >= 15 is 0 Å². The number of hydrogen-bond donors (Lipinski definition) is 0. The first kappa shape index (κ1) is 14.0. The van der Waals surface area contributed by atoms with Crippen LogP contribution in [0, 0.1) is 0 Å². The molecule has 1 aromatic carbocycles. The Bertz CT molecular complexity index is 377. The molecule has 0 aromatic heterocycles. The third-order valence-corrected chi connectivity index (χ3v) is 2.87. The van der Waals surface area contributed by atoms with Gasteiger partial charge in [0.15, 0.2) is 17.3 Å². The highest BCUT2D eigenvalue weighted by atomic mass is 79.9. The van der Waals surface area contributed by atoms with E-state index in [4.69, 9.17) is 9.47 Å². The maximum Gasteiger partial charge on any atom is 0.173 e. The molecule has 0 atom stereocenters. The zero-order valence-electron chi connectivity index (χ0n) is 10.2. The number of unbranched alkanes of at least 4 members (excludes halogenated alkanes) is 1. The number of methoxy groups -OCH3 is 1. The van der Waals surface area contributed by atoms with Crippen molar-refractivity contribution in [2.45, 2.75) is 19.8 Å². The molecule has 1 rings (SSSR count). The van der Waals surface area contributed by atoms with E-state index in [9.17, 15) is 4.79 Å². The largest absolute Gasteiger partial charge is 0.493 e. The monoisotopic (exact) mass is 300 g/mol. The van der Waals surface area contributed by atoms with E-state index in [1.54, 1.807) is 25.3 Å². The number of Topliss-reactive ketones (excluding diaryl/α,β-unsaturated/α-hetero) is 1. The van der Waals surface area contributed by atoms with Crippen LogP contribution in [-0.2, 0) is 0 Å². The van der Waals surface area contributed by atoms with Crippen molar-refractivity contribution in [2.75, 3.05) is 19.0 Å². The lowest BCUT2D eigenvalue weighted by molar-refractivity contribution is 0.102. The topological polar surface area (TPSA) is 35.5 Å². The first-order chi connectivity index (χ1) is 8.22. The van der Waals surface area contributed by atoms with Crippen LogP contribution in [0.25, 0.3) is 0 Å². The average Bonchev–Trinajstić information content (AvgIpc) is 2.38. The van der Waals surface area contributed by atoms with Crippen LogP contribution >= 0.6 is 15.9 Å². The van der Waals surface area contributed by atoms with Crippen LogP contribution < -0.4 is 9.47 Å². The quantitative estimate of drug-likeness (QED) is 0.439. The molecule has 17 heavy (non-hydrogen) atoms. The molecule has 0 heterocycles. The molecule has 4 heteroatoms. The van der Waals surface area contributed by atoms with Gasteiger partial charge in [0.1, 0.15) is 0 Å². The second kappa shape index (κ2) is 7.33. The van der Waals surface area contributed by atoms with Crippen LogP contribution in [0.3, 0.4) is 0 Å². The summed E-state index contributed by atoms with van der Waals surface area (Å²) in [4.78, 5) is 11.5. The molecule has 0 radical (unpaired) electrons. The number of benzene rings is 1. The van der Waals surface area contributed by atoms with Gasteiger partial charge in [-0.3, -0.25) is 4.79 Å². The molecule has 0 saturated heterocycles. The summed E-state index contributed by atoms with van der Waals surface area (Å²) in [7, 11) is 1.57. The third kappa shape index (κ3) is 4.04. The van der Waals surface area contributed by atoms with Crippen molar-refractivity contribution in [2.24, 2.45) is 0 Å². The Kier molecular flexibility index (Phi) is 6.05. The summed E-state index contributed by atoms with van der Waals surface area (Å²) in [6.07, 6.45) is 2.09. The van der Waals surface area contributed by atoms with Gasteiger partial charge in [0.2, 0.25) is 0 Å². The molecule has 94 valence electrons. The first-order valence-corrected chi connectivity index (χ1v) is 6.75. The van der Waals surface area contributed by atoms with Crippen LogP contribution in [0.2, 0.25) is 0 Å². The summed E-state index contributed by atoms with van der Waals surface area (Å²) in [5.41, 5.74) is 0.626. The van der Waals surface area contributed by atoms with Crippen LogP contribution in [0.15, 0.2) is 18.2 Å². The van der Waals surface area contributed by atoms with Gasteiger partial charge in [0.25, 0.3) is 0 Å². The zero-order valence-corrected chi connectivity index (χ0v) is 11.7. The third-order valence-electron chi connectivity index (χ3n) is 2.36. The van der Waals surface area contributed by atoms with Gasteiger partial charge in [-0.2, -0.15) is 0 Å². The first-order valence-electron chi connectivity index (χ1n) is 5.63. The number of hydrogen-bond acceptors (Lipinski definition) is 3. The summed E-state index contributed by atoms with van der Waals surface area (Å²) in [5.74, 6) is 1.32. The lowest BCUT2D eigenvalue weighted by Crippen LogP contribution is -2.03. The van der Waals surface area contributed by atoms with Crippen molar-refractivity contribution in [3.63, 3.8) is 0 Å². The molecule has 0 bridgehead atoms. The van der Waals surface area contributed by atoms with Gasteiger partial charge < -0.3 is 9.47 Å². The smallest absolute Gasteiger partial charge is 0.173 e. The molecule has 0 spiro atoms. The minimum absolute atomic E-state index is 0.0309. The lowest BCUT2D eigenvalue weighted by atomic mass is 10.1. The van der Waals surface area contributed by atoms with E-state index in [1.165, 1.54) is 0 Å². The maximum atomic E-state index is 11.5. The standard InChI is InChI=1S/C13H17BrO3/c1-3-4-7-17-12-6-5-10(11(15)9-14)8-13(12)16-2/h5-6,8H,3-4,7,9H2,1-2H3. The van der Waals surface area contributed by atoms with Crippen LogP contribution in [0.5, 0.6) is 11.5 Å². The van der Waals surface area contributed by atoms with Crippen LogP contribution in [-0.4, -0.2) is 24.8 Å². The highest BCUT2D eigenvalue weighted by Gasteiger charge is 2.09. The number of alkyl halides is 1. The molecule has 0 unspecified atom stereocenters. The Morgan fingerprint density at radius 2 is 2.12 bits per heavy atom. The zero-order chi connectivity index (χ0) is 12.7. The van der Waals surface area contributed by atoms with Crippen molar-refractivity contribution in [1.82, 2.24) is 0 Å². The van der Waals surface area contributed by atoms with E-state index in [2.05, 4.69) is 22.9 Å². The van der Waals surface area contributed by atoms with Gasteiger partial charge in [0, 0.05) is 5.56 Å². The van der Waals surface area contributed by atoms with Crippen molar-refractivity contribution >= 4 is 21.7 Å². The molecule has 0 N–H and O–H groups in total. The molecular formula is C13H17BrO3. The van der Waals surface area contributed by atoms with Gasteiger partial charge in [-0.05, 0) is 24.6 Å². The van der Waals surface area contributed by atoms with Gasteiger partial charge in [-0.15, -0.1) is 0 Å². The van der Waals surface area contributed by atoms with Crippen molar-refractivity contribution in [3.8, 4) is 11.5 Å². The second-order valence-electron chi connectivity index (χ2n) is 3.62. The van der Waals surface area contributed by atoms with E-state index in [0.717, 1.165) is 12.8 Å². The van der Waals surface area contributed by atoms with E-state index in [-0.39, 0.29) is 5.78 Å².